The van der Waals surface area contributed by atoms with E-state index in [9.17, 15) is 5.11 Å². The smallest absolute Gasteiger partial charge is 0.0917 e. The quantitative estimate of drug-likeness (QED) is 0.719. The third-order valence-corrected chi connectivity index (χ3v) is 4.42. The normalized spacial score (nSPS) is 12.5. The summed E-state index contributed by atoms with van der Waals surface area (Å²) in [6.07, 6.45) is 1.30. The average molecular weight is 335 g/mol. The van der Waals surface area contributed by atoms with Gasteiger partial charge >= 0.3 is 0 Å². The van der Waals surface area contributed by atoms with E-state index in [-0.39, 0.29) is 0 Å². The summed E-state index contributed by atoms with van der Waals surface area (Å²) in [6.45, 7) is 4.15. The molecule has 130 valence electrons. The maximum atomic E-state index is 10.7. The molecule has 1 heterocycles. The first-order chi connectivity index (χ1) is 12.1. The molecule has 0 unspecified atom stereocenters. The fraction of sp³-hybridized carbons (Fsp3) is 0.286. The molecule has 2 aromatic carbocycles. The predicted octanol–water partition coefficient (Wildman–Crippen LogP) is 3.46. The summed E-state index contributed by atoms with van der Waals surface area (Å²) in [5, 5.41) is 15.0. The molecule has 0 aliphatic heterocycles. The van der Waals surface area contributed by atoms with Crippen LogP contribution in [0.5, 0.6) is 0 Å². The minimum absolute atomic E-state index is 0.517. The molecule has 25 heavy (non-hydrogen) atoms. The molecule has 0 saturated carbocycles. The number of hydrogen-bond donors (Lipinski definition) is 1. The first kappa shape index (κ1) is 17.4. The lowest BCUT2D eigenvalue weighted by Crippen LogP contribution is -2.29. The van der Waals surface area contributed by atoms with E-state index >= 15 is 0 Å². The van der Waals surface area contributed by atoms with Gasteiger partial charge in [0.15, 0.2) is 0 Å². The highest BCUT2D eigenvalue weighted by Gasteiger charge is 2.16. The topological polar surface area (TPSA) is 41.3 Å². The van der Waals surface area contributed by atoms with Crippen LogP contribution < -0.4 is 0 Å². The van der Waals surface area contributed by atoms with Crippen LogP contribution in [-0.2, 0) is 20.1 Å². The number of aliphatic hydroxyl groups excluding tert-OH is 1. The van der Waals surface area contributed by atoms with Crippen LogP contribution in [0.3, 0.4) is 0 Å². The number of benzene rings is 2. The van der Waals surface area contributed by atoms with Gasteiger partial charge in [0.05, 0.1) is 11.8 Å². The van der Waals surface area contributed by atoms with Crippen molar-refractivity contribution in [3.8, 4) is 0 Å². The van der Waals surface area contributed by atoms with E-state index in [4.69, 9.17) is 0 Å². The second-order valence-corrected chi connectivity index (χ2v) is 6.53. The molecule has 1 aromatic heterocycles. The minimum Gasteiger partial charge on any atom is -0.387 e. The number of aromatic nitrogens is 2. The molecule has 0 spiro atoms. The van der Waals surface area contributed by atoms with Gasteiger partial charge in [0, 0.05) is 32.9 Å². The van der Waals surface area contributed by atoms with Gasteiger partial charge in [-0.25, -0.2) is 0 Å². The molecule has 0 amide bonds. The number of rotatable bonds is 7. The van der Waals surface area contributed by atoms with Crippen molar-refractivity contribution >= 4 is 0 Å². The lowest BCUT2D eigenvalue weighted by atomic mass is 10.1. The molecule has 3 aromatic rings. The highest BCUT2D eigenvalue weighted by atomic mass is 16.3. The first-order valence-corrected chi connectivity index (χ1v) is 8.59. The number of hydrogen-bond acceptors (Lipinski definition) is 3. The Bertz CT molecular complexity index is 798. The van der Waals surface area contributed by atoms with Crippen molar-refractivity contribution in [2.75, 3.05) is 6.54 Å². The fourth-order valence-electron chi connectivity index (χ4n) is 3.04. The Morgan fingerprint density at radius 1 is 1.04 bits per heavy atom. The molecule has 0 aliphatic rings. The van der Waals surface area contributed by atoms with Crippen molar-refractivity contribution in [3.63, 3.8) is 0 Å². The van der Waals surface area contributed by atoms with Crippen LogP contribution in [0, 0.1) is 6.92 Å². The monoisotopic (exact) mass is 335 g/mol. The van der Waals surface area contributed by atoms with Gasteiger partial charge in [-0.3, -0.25) is 9.58 Å². The molecule has 0 saturated heterocycles. The Morgan fingerprint density at radius 3 is 2.52 bits per heavy atom. The van der Waals surface area contributed by atoms with Crippen LogP contribution in [0.15, 0.2) is 66.9 Å². The molecule has 0 aliphatic carbocycles. The zero-order valence-electron chi connectivity index (χ0n) is 14.8. The molecule has 1 N–H and O–H groups in total. The summed E-state index contributed by atoms with van der Waals surface area (Å²) in [5.41, 5.74) is 4.49. The second-order valence-electron chi connectivity index (χ2n) is 6.53. The van der Waals surface area contributed by atoms with E-state index < -0.39 is 6.10 Å². The van der Waals surface area contributed by atoms with Gasteiger partial charge in [-0.2, -0.15) is 5.10 Å². The summed E-state index contributed by atoms with van der Waals surface area (Å²) in [4.78, 5) is 2.26. The Morgan fingerprint density at radius 2 is 1.84 bits per heavy atom. The molecule has 4 heteroatoms. The maximum Gasteiger partial charge on any atom is 0.0917 e. The molecule has 3 rings (SSSR count). The summed E-state index contributed by atoms with van der Waals surface area (Å²) in [7, 11) is 1.95. The number of aliphatic hydroxyl groups is 1. The molecular formula is C21H25N3O. The first-order valence-electron chi connectivity index (χ1n) is 8.59. The van der Waals surface area contributed by atoms with Gasteiger partial charge in [0.25, 0.3) is 0 Å². The molecule has 0 bridgehead atoms. The van der Waals surface area contributed by atoms with E-state index in [0.717, 1.165) is 29.9 Å². The van der Waals surface area contributed by atoms with Crippen molar-refractivity contribution in [1.29, 1.82) is 0 Å². The molecule has 4 nitrogen and oxygen atoms in total. The Balaban J connectivity index is 1.76. The summed E-state index contributed by atoms with van der Waals surface area (Å²) in [6, 6.07) is 20.5. The lowest BCUT2D eigenvalue weighted by Gasteiger charge is -2.25. The summed E-state index contributed by atoms with van der Waals surface area (Å²) in [5.74, 6) is 0. The van der Waals surface area contributed by atoms with E-state index in [1.807, 2.05) is 55.2 Å². The van der Waals surface area contributed by atoms with Crippen LogP contribution >= 0.6 is 0 Å². The predicted molar refractivity (Wildman–Crippen MR) is 99.9 cm³/mol. The third-order valence-electron chi connectivity index (χ3n) is 4.42. The highest BCUT2D eigenvalue weighted by Crippen LogP contribution is 2.18. The van der Waals surface area contributed by atoms with E-state index in [2.05, 4.69) is 40.3 Å². The zero-order chi connectivity index (χ0) is 17.6. The third kappa shape index (κ3) is 4.78. The van der Waals surface area contributed by atoms with Crippen LogP contribution in [0.4, 0.5) is 0 Å². The fourth-order valence-corrected chi connectivity index (χ4v) is 3.04. The number of nitrogens with zero attached hydrogens (tertiary/aromatic N) is 3. The Labute approximate surface area is 149 Å². The van der Waals surface area contributed by atoms with Crippen LogP contribution in [-0.4, -0.2) is 26.3 Å². The molecular weight excluding hydrogens is 310 g/mol. The van der Waals surface area contributed by atoms with Crippen molar-refractivity contribution in [3.05, 3.63) is 89.2 Å². The average Bonchev–Trinajstić information content (AvgIpc) is 3.00. The van der Waals surface area contributed by atoms with Gasteiger partial charge in [-0.1, -0.05) is 60.2 Å². The largest absolute Gasteiger partial charge is 0.387 e. The Kier molecular flexibility index (Phi) is 5.64. The van der Waals surface area contributed by atoms with E-state index in [1.165, 1.54) is 5.56 Å². The van der Waals surface area contributed by atoms with Crippen LogP contribution in [0.2, 0.25) is 0 Å². The number of aryl methyl sites for hydroxylation is 2. The van der Waals surface area contributed by atoms with Crippen molar-refractivity contribution in [2.45, 2.75) is 26.1 Å². The molecule has 0 radical (unpaired) electrons. The maximum absolute atomic E-state index is 10.7. The van der Waals surface area contributed by atoms with Crippen molar-refractivity contribution in [1.82, 2.24) is 14.7 Å². The molecule has 1 atom stereocenters. The molecule has 0 fully saturated rings. The minimum atomic E-state index is -0.517. The second kappa shape index (κ2) is 8.10. The summed E-state index contributed by atoms with van der Waals surface area (Å²) >= 11 is 0. The SMILES string of the molecule is Cc1cccc([C@H](O)CN(Cc2ccccc2)Cc2ccnn2C)c1. The zero-order valence-corrected chi connectivity index (χ0v) is 14.8. The Hall–Kier alpha value is -2.43. The van der Waals surface area contributed by atoms with Crippen molar-refractivity contribution in [2.24, 2.45) is 7.05 Å². The van der Waals surface area contributed by atoms with Gasteiger partial charge in [0.1, 0.15) is 0 Å². The van der Waals surface area contributed by atoms with Gasteiger partial charge in [-0.15, -0.1) is 0 Å². The van der Waals surface area contributed by atoms with Gasteiger partial charge in [0.2, 0.25) is 0 Å². The van der Waals surface area contributed by atoms with Gasteiger partial charge in [-0.05, 0) is 24.1 Å². The lowest BCUT2D eigenvalue weighted by molar-refractivity contribution is 0.103. The van der Waals surface area contributed by atoms with Crippen molar-refractivity contribution < 1.29 is 5.11 Å². The van der Waals surface area contributed by atoms with Crippen LogP contribution in [0.1, 0.15) is 28.5 Å². The van der Waals surface area contributed by atoms with Gasteiger partial charge < -0.3 is 5.11 Å². The van der Waals surface area contributed by atoms with E-state index in [1.54, 1.807) is 0 Å². The van der Waals surface area contributed by atoms with E-state index in [0.29, 0.717) is 6.54 Å². The van der Waals surface area contributed by atoms with Crippen LogP contribution in [0.25, 0.3) is 0 Å². The summed E-state index contributed by atoms with van der Waals surface area (Å²) < 4.78 is 1.89. The standard InChI is InChI=1S/C21H25N3O/c1-17-7-6-10-19(13-17)21(25)16-24(14-18-8-4-3-5-9-18)15-20-11-12-22-23(20)2/h3-13,21,25H,14-16H2,1-2H3/t21-/m1/s1. The highest BCUT2D eigenvalue weighted by molar-refractivity contribution is 5.24.